The van der Waals surface area contributed by atoms with Crippen LogP contribution in [0.5, 0.6) is 0 Å². The smallest absolute Gasteiger partial charge is 0.129 e. The lowest BCUT2D eigenvalue weighted by Gasteiger charge is -2.31. The first-order valence-electron chi connectivity index (χ1n) is 4.13. The van der Waals surface area contributed by atoms with Crippen LogP contribution in [0.25, 0.3) is 0 Å². The summed E-state index contributed by atoms with van der Waals surface area (Å²) in [5.41, 5.74) is 0. The van der Waals surface area contributed by atoms with Gasteiger partial charge in [-0.05, 0) is 0 Å². The fourth-order valence-corrected chi connectivity index (χ4v) is 1.22. The molecule has 5 heteroatoms. The molecule has 0 aliphatic carbocycles. The maximum Gasteiger partial charge on any atom is 0.129 e. The van der Waals surface area contributed by atoms with Gasteiger partial charge in [0.2, 0.25) is 0 Å². The van der Waals surface area contributed by atoms with E-state index in [1.165, 1.54) is 0 Å². The lowest BCUT2D eigenvalue weighted by Crippen LogP contribution is -2.49. The molecular weight excluding hydrogens is 156 g/mol. The van der Waals surface area contributed by atoms with Crippen LogP contribution in [0.15, 0.2) is 5.16 Å². The summed E-state index contributed by atoms with van der Waals surface area (Å²) in [7, 11) is 0. The number of hydrogen-bond donors (Lipinski definition) is 1. The maximum atomic E-state index is 5.60. The first-order chi connectivity index (χ1) is 5.83. The van der Waals surface area contributed by atoms with Crippen molar-refractivity contribution in [3.8, 4) is 0 Å². The number of rotatable bonds is 4. The molecule has 0 aromatic carbocycles. The van der Waals surface area contributed by atoms with Gasteiger partial charge in [0.05, 0.1) is 0 Å². The Hall–Kier alpha value is -0.650. The summed E-state index contributed by atoms with van der Waals surface area (Å²) >= 11 is 0. The van der Waals surface area contributed by atoms with Gasteiger partial charge in [-0.2, -0.15) is 0 Å². The molecule has 1 rings (SSSR count). The van der Waals surface area contributed by atoms with Gasteiger partial charge in [0.1, 0.15) is 6.61 Å². The number of nitrogens with zero attached hydrogens (tertiary/aromatic N) is 3. The maximum absolute atomic E-state index is 5.60. The van der Waals surface area contributed by atoms with Crippen molar-refractivity contribution < 1.29 is 4.84 Å². The molecule has 5 nitrogen and oxygen atoms in total. The fraction of sp³-hybridized carbons (Fsp3) is 0.857. The molecule has 0 bridgehead atoms. The van der Waals surface area contributed by atoms with Crippen LogP contribution in [0, 0.1) is 0 Å². The van der Waals surface area contributed by atoms with Crippen molar-refractivity contribution >= 4 is 6.72 Å². The molecule has 12 heavy (non-hydrogen) atoms. The highest BCUT2D eigenvalue weighted by molar-refractivity contribution is 5.21. The van der Waals surface area contributed by atoms with E-state index in [4.69, 9.17) is 10.7 Å². The van der Waals surface area contributed by atoms with Crippen molar-refractivity contribution in [2.75, 3.05) is 39.3 Å². The summed E-state index contributed by atoms with van der Waals surface area (Å²) in [6, 6.07) is 0. The molecule has 0 saturated carbocycles. The first-order valence-corrected chi connectivity index (χ1v) is 4.13. The van der Waals surface area contributed by atoms with Crippen molar-refractivity contribution in [3.05, 3.63) is 0 Å². The number of hydrazine groups is 1. The number of piperazine rings is 1. The first kappa shape index (κ1) is 9.44. The Kier molecular flexibility index (Phi) is 3.99. The largest absolute Gasteiger partial charge is 0.395 e. The Morgan fingerprint density at radius 2 is 2.00 bits per heavy atom. The Labute approximate surface area is 72.7 Å². The molecule has 0 amide bonds. The molecule has 1 fully saturated rings. The highest BCUT2D eigenvalue weighted by atomic mass is 16.6. The molecule has 1 heterocycles. The standard InChI is InChI=1S/C7H16N4O/c1-9-12-7-6-10-2-4-11(8)5-3-10/h1-8H2. The van der Waals surface area contributed by atoms with Crippen molar-refractivity contribution in [1.29, 1.82) is 0 Å². The highest BCUT2D eigenvalue weighted by Gasteiger charge is 2.13. The normalized spacial score (nSPS) is 20.8. The third kappa shape index (κ3) is 3.17. The van der Waals surface area contributed by atoms with Crippen molar-refractivity contribution in [2.45, 2.75) is 0 Å². The zero-order chi connectivity index (χ0) is 8.81. The minimum atomic E-state index is 0.619. The Morgan fingerprint density at radius 1 is 1.33 bits per heavy atom. The van der Waals surface area contributed by atoms with E-state index >= 15 is 0 Å². The van der Waals surface area contributed by atoms with Crippen LogP contribution in [-0.4, -0.2) is 56.0 Å². The molecule has 70 valence electrons. The van der Waals surface area contributed by atoms with E-state index in [9.17, 15) is 0 Å². The summed E-state index contributed by atoms with van der Waals surface area (Å²) in [5, 5.41) is 5.16. The fourth-order valence-electron chi connectivity index (χ4n) is 1.22. The molecule has 0 aromatic rings. The number of oxime groups is 1. The summed E-state index contributed by atoms with van der Waals surface area (Å²) in [6.45, 7) is 8.65. The van der Waals surface area contributed by atoms with Gasteiger partial charge in [0.15, 0.2) is 0 Å². The van der Waals surface area contributed by atoms with E-state index in [2.05, 4.69) is 16.8 Å². The van der Waals surface area contributed by atoms with E-state index in [1.54, 1.807) is 0 Å². The molecule has 1 aliphatic heterocycles. The number of hydrogen-bond acceptors (Lipinski definition) is 5. The van der Waals surface area contributed by atoms with E-state index in [0.717, 1.165) is 32.7 Å². The molecule has 0 spiro atoms. The van der Waals surface area contributed by atoms with Crippen molar-refractivity contribution in [2.24, 2.45) is 11.0 Å². The third-order valence-electron chi connectivity index (χ3n) is 2.00. The van der Waals surface area contributed by atoms with Crippen LogP contribution in [0.3, 0.4) is 0 Å². The summed E-state index contributed by atoms with van der Waals surface area (Å²) in [6.07, 6.45) is 0. The van der Waals surface area contributed by atoms with Gasteiger partial charge >= 0.3 is 0 Å². The second kappa shape index (κ2) is 5.08. The number of nitrogens with two attached hydrogens (primary N) is 1. The molecule has 1 aliphatic rings. The highest BCUT2D eigenvalue weighted by Crippen LogP contribution is 1.96. The second-order valence-electron chi connectivity index (χ2n) is 2.84. The van der Waals surface area contributed by atoms with Crippen molar-refractivity contribution in [3.63, 3.8) is 0 Å². The van der Waals surface area contributed by atoms with Gasteiger partial charge in [0.25, 0.3) is 0 Å². The summed E-state index contributed by atoms with van der Waals surface area (Å²) in [4.78, 5) is 7.09. The van der Waals surface area contributed by atoms with Crippen molar-refractivity contribution in [1.82, 2.24) is 9.91 Å². The van der Waals surface area contributed by atoms with Crippen LogP contribution in [0.1, 0.15) is 0 Å². The van der Waals surface area contributed by atoms with Crippen LogP contribution >= 0.6 is 0 Å². The molecular formula is C7H16N4O. The van der Waals surface area contributed by atoms with E-state index in [1.807, 2.05) is 5.01 Å². The lowest BCUT2D eigenvalue weighted by molar-refractivity contribution is 0.0802. The minimum Gasteiger partial charge on any atom is -0.395 e. The third-order valence-corrected chi connectivity index (χ3v) is 2.00. The van der Waals surface area contributed by atoms with Crippen LogP contribution in [0.4, 0.5) is 0 Å². The Morgan fingerprint density at radius 3 is 2.58 bits per heavy atom. The van der Waals surface area contributed by atoms with Gasteiger partial charge in [-0.3, -0.25) is 10.7 Å². The van der Waals surface area contributed by atoms with E-state index in [0.29, 0.717) is 6.61 Å². The zero-order valence-electron chi connectivity index (χ0n) is 7.28. The second-order valence-corrected chi connectivity index (χ2v) is 2.84. The SMILES string of the molecule is C=NOCCN1CCN(N)CC1. The Balaban J connectivity index is 2.05. The molecule has 1 saturated heterocycles. The van der Waals surface area contributed by atoms with Gasteiger partial charge < -0.3 is 4.84 Å². The van der Waals surface area contributed by atoms with E-state index < -0.39 is 0 Å². The summed E-state index contributed by atoms with van der Waals surface area (Å²) in [5.74, 6) is 5.60. The molecule has 0 radical (unpaired) electrons. The van der Waals surface area contributed by atoms with Gasteiger partial charge in [0, 0.05) is 39.4 Å². The topological polar surface area (TPSA) is 54.1 Å². The molecule has 0 atom stereocenters. The summed E-state index contributed by atoms with van der Waals surface area (Å²) < 4.78 is 0. The Bertz CT molecular complexity index is 133. The van der Waals surface area contributed by atoms with Crippen LogP contribution < -0.4 is 5.84 Å². The van der Waals surface area contributed by atoms with Crippen LogP contribution in [-0.2, 0) is 4.84 Å². The predicted octanol–water partition coefficient (Wildman–Crippen LogP) is -0.890. The average molecular weight is 172 g/mol. The van der Waals surface area contributed by atoms with Gasteiger partial charge in [-0.1, -0.05) is 0 Å². The molecule has 0 aromatic heterocycles. The predicted molar refractivity (Wildman–Crippen MR) is 47.7 cm³/mol. The van der Waals surface area contributed by atoms with Gasteiger partial charge in [-0.15, -0.1) is 5.16 Å². The lowest BCUT2D eigenvalue weighted by atomic mass is 10.3. The van der Waals surface area contributed by atoms with Crippen LogP contribution in [0.2, 0.25) is 0 Å². The van der Waals surface area contributed by atoms with E-state index in [-0.39, 0.29) is 0 Å². The quantitative estimate of drug-likeness (QED) is 0.259. The molecule has 0 unspecified atom stereocenters. The average Bonchev–Trinajstić information content (AvgIpc) is 2.09. The minimum absolute atomic E-state index is 0.619. The van der Waals surface area contributed by atoms with Gasteiger partial charge in [-0.25, -0.2) is 5.01 Å². The molecule has 2 N–H and O–H groups in total. The zero-order valence-corrected chi connectivity index (χ0v) is 7.28. The monoisotopic (exact) mass is 172 g/mol.